The van der Waals surface area contributed by atoms with Gasteiger partial charge in [-0.2, -0.15) is 0 Å². The molecule has 0 amide bonds. The Bertz CT molecular complexity index is 105. The van der Waals surface area contributed by atoms with Gasteiger partial charge in [0.2, 0.25) is 0 Å². The molecule has 1 N–H and O–H groups in total. The average Bonchev–Trinajstić information content (AvgIpc) is 1.95. The van der Waals surface area contributed by atoms with Crippen LogP contribution in [-0.4, -0.2) is 12.6 Å². The maximum atomic E-state index is 3.60. The second-order valence-electron chi connectivity index (χ2n) is 4.20. The van der Waals surface area contributed by atoms with Gasteiger partial charge in [0.1, 0.15) is 0 Å². The van der Waals surface area contributed by atoms with Gasteiger partial charge >= 0.3 is 0 Å². The van der Waals surface area contributed by atoms with Gasteiger partial charge < -0.3 is 5.32 Å². The quantitative estimate of drug-likeness (QED) is 0.657. The lowest BCUT2D eigenvalue weighted by Crippen LogP contribution is -2.41. The molecule has 1 rings (SSSR count). The zero-order chi connectivity index (χ0) is 8.27. The molecule has 1 fully saturated rings. The lowest BCUT2D eigenvalue weighted by Gasteiger charge is -2.34. The molecule has 0 bridgehead atoms. The van der Waals surface area contributed by atoms with E-state index in [2.05, 4.69) is 26.1 Å². The summed E-state index contributed by atoms with van der Waals surface area (Å²) in [6, 6.07) is 0.846. The van der Waals surface area contributed by atoms with Gasteiger partial charge in [0.15, 0.2) is 0 Å². The second kappa shape index (κ2) is 4.10. The standard InChI is InChI=1S/C10H21N/c1-4-8(2)7-11-10-5-9(3)6-10/h8-11H,4-7H2,1-3H3. The first kappa shape index (κ1) is 9.05. The Kier molecular flexibility index (Phi) is 3.38. The predicted octanol–water partition coefficient (Wildman–Crippen LogP) is 2.42. The molecule has 0 aromatic heterocycles. The van der Waals surface area contributed by atoms with Crippen LogP contribution in [0.2, 0.25) is 0 Å². The van der Waals surface area contributed by atoms with Gasteiger partial charge in [0.05, 0.1) is 0 Å². The first-order valence-corrected chi connectivity index (χ1v) is 4.95. The smallest absolute Gasteiger partial charge is 0.00722 e. The van der Waals surface area contributed by atoms with Crippen molar-refractivity contribution in [1.82, 2.24) is 5.32 Å². The van der Waals surface area contributed by atoms with E-state index < -0.39 is 0 Å². The molecular formula is C10H21N. The van der Waals surface area contributed by atoms with Crippen LogP contribution in [0.25, 0.3) is 0 Å². The molecule has 1 aliphatic rings. The van der Waals surface area contributed by atoms with Crippen molar-refractivity contribution in [2.45, 2.75) is 46.1 Å². The van der Waals surface area contributed by atoms with Crippen molar-refractivity contribution in [2.24, 2.45) is 11.8 Å². The van der Waals surface area contributed by atoms with Gasteiger partial charge in [-0.1, -0.05) is 27.2 Å². The minimum absolute atomic E-state index is 0.846. The summed E-state index contributed by atoms with van der Waals surface area (Å²) in [4.78, 5) is 0. The highest BCUT2D eigenvalue weighted by Gasteiger charge is 2.24. The Morgan fingerprint density at radius 2 is 2.09 bits per heavy atom. The summed E-state index contributed by atoms with van der Waals surface area (Å²) in [5, 5.41) is 3.60. The monoisotopic (exact) mass is 155 g/mol. The van der Waals surface area contributed by atoms with Gasteiger partial charge in [-0.05, 0) is 31.2 Å². The Morgan fingerprint density at radius 3 is 2.55 bits per heavy atom. The van der Waals surface area contributed by atoms with Gasteiger partial charge in [0.25, 0.3) is 0 Å². The van der Waals surface area contributed by atoms with E-state index in [1.54, 1.807) is 0 Å². The van der Waals surface area contributed by atoms with E-state index in [0.29, 0.717) is 0 Å². The second-order valence-corrected chi connectivity index (χ2v) is 4.20. The van der Waals surface area contributed by atoms with E-state index in [-0.39, 0.29) is 0 Å². The predicted molar refractivity (Wildman–Crippen MR) is 49.6 cm³/mol. The molecule has 0 aromatic carbocycles. The molecule has 0 aliphatic heterocycles. The van der Waals surface area contributed by atoms with Crippen molar-refractivity contribution in [3.63, 3.8) is 0 Å². The minimum Gasteiger partial charge on any atom is -0.314 e. The number of hydrogen-bond acceptors (Lipinski definition) is 1. The fourth-order valence-corrected chi connectivity index (χ4v) is 1.58. The average molecular weight is 155 g/mol. The molecule has 1 heteroatoms. The maximum Gasteiger partial charge on any atom is 0.00722 e. The van der Waals surface area contributed by atoms with E-state index in [0.717, 1.165) is 17.9 Å². The summed E-state index contributed by atoms with van der Waals surface area (Å²) >= 11 is 0. The van der Waals surface area contributed by atoms with Gasteiger partial charge in [-0.15, -0.1) is 0 Å². The van der Waals surface area contributed by atoms with Gasteiger partial charge in [-0.3, -0.25) is 0 Å². The Balaban J connectivity index is 1.96. The summed E-state index contributed by atoms with van der Waals surface area (Å²) in [6.45, 7) is 8.13. The molecule has 0 saturated heterocycles. The molecule has 0 heterocycles. The van der Waals surface area contributed by atoms with Crippen LogP contribution in [0.5, 0.6) is 0 Å². The fourth-order valence-electron chi connectivity index (χ4n) is 1.58. The summed E-state index contributed by atoms with van der Waals surface area (Å²) < 4.78 is 0. The van der Waals surface area contributed by atoms with E-state index in [9.17, 15) is 0 Å². The minimum atomic E-state index is 0.846. The molecule has 1 saturated carbocycles. The molecule has 1 nitrogen and oxygen atoms in total. The van der Waals surface area contributed by atoms with E-state index >= 15 is 0 Å². The fraction of sp³-hybridized carbons (Fsp3) is 1.00. The summed E-state index contributed by atoms with van der Waals surface area (Å²) in [5.41, 5.74) is 0. The molecule has 0 aromatic rings. The molecule has 1 atom stereocenters. The van der Waals surface area contributed by atoms with Crippen molar-refractivity contribution in [3.8, 4) is 0 Å². The first-order chi connectivity index (χ1) is 5.22. The van der Waals surface area contributed by atoms with Crippen LogP contribution in [0.15, 0.2) is 0 Å². The summed E-state index contributed by atoms with van der Waals surface area (Å²) in [5.74, 6) is 1.83. The zero-order valence-corrected chi connectivity index (χ0v) is 8.06. The third-order valence-corrected chi connectivity index (χ3v) is 2.83. The van der Waals surface area contributed by atoms with Crippen LogP contribution >= 0.6 is 0 Å². The van der Waals surface area contributed by atoms with E-state index in [1.165, 1.54) is 25.8 Å². The van der Waals surface area contributed by atoms with Crippen molar-refractivity contribution < 1.29 is 0 Å². The largest absolute Gasteiger partial charge is 0.314 e. The highest BCUT2D eigenvalue weighted by atomic mass is 14.9. The van der Waals surface area contributed by atoms with E-state index in [4.69, 9.17) is 0 Å². The molecule has 1 unspecified atom stereocenters. The third-order valence-electron chi connectivity index (χ3n) is 2.83. The molecule has 1 aliphatic carbocycles. The summed E-state index contributed by atoms with van der Waals surface area (Å²) in [7, 11) is 0. The topological polar surface area (TPSA) is 12.0 Å². The Labute approximate surface area is 70.6 Å². The van der Waals surface area contributed by atoms with Crippen LogP contribution in [0.1, 0.15) is 40.0 Å². The maximum absolute atomic E-state index is 3.60. The van der Waals surface area contributed by atoms with Crippen LogP contribution in [0, 0.1) is 11.8 Å². The summed E-state index contributed by atoms with van der Waals surface area (Å²) in [6.07, 6.45) is 4.10. The third kappa shape index (κ3) is 2.82. The van der Waals surface area contributed by atoms with Crippen molar-refractivity contribution in [1.29, 1.82) is 0 Å². The Morgan fingerprint density at radius 1 is 1.45 bits per heavy atom. The molecular weight excluding hydrogens is 134 g/mol. The van der Waals surface area contributed by atoms with Crippen LogP contribution in [0.4, 0.5) is 0 Å². The number of nitrogens with one attached hydrogen (secondary N) is 1. The van der Waals surface area contributed by atoms with Crippen LogP contribution in [-0.2, 0) is 0 Å². The van der Waals surface area contributed by atoms with Crippen LogP contribution < -0.4 is 5.32 Å². The van der Waals surface area contributed by atoms with Gasteiger partial charge in [-0.25, -0.2) is 0 Å². The van der Waals surface area contributed by atoms with Crippen molar-refractivity contribution in [2.75, 3.05) is 6.54 Å². The lowest BCUT2D eigenvalue weighted by molar-refractivity contribution is 0.233. The molecule has 66 valence electrons. The highest BCUT2D eigenvalue weighted by Crippen LogP contribution is 2.26. The SMILES string of the molecule is CCC(C)CNC1CC(C)C1. The van der Waals surface area contributed by atoms with Crippen molar-refractivity contribution in [3.05, 3.63) is 0 Å². The molecule has 11 heavy (non-hydrogen) atoms. The van der Waals surface area contributed by atoms with Gasteiger partial charge in [0, 0.05) is 6.04 Å². The lowest BCUT2D eigenvalue weighted by atomic mass is 9.82. The van der Waals surface area contributed by atoms with Crippen LogP contribution in [0.3, 0.4) is 0 Å². The van der Waals surface area contributed by atoms with Crippen molar-refractivity contribution >= 4 is 0 Å². The normalized spacial score (nSPS) is 33.0. The molecule has 0 spiro atoms. The molecule has 0 radical (unpaired) electrons. The number of rotatable bonds is 4. The first-order valence-electron chi connectivity index (χ1n) is 4.95. The highest BCUT2D eigenvalue weighted by molar-refractivity contribution is 4.82. The zero-order valence-electron chi connectivity index (χ0n) is 8.06. The number of hydrogen-bond donors (Lipinski definition) is 1. The van der Waals surface area contributed by atoms with E-state index in [1.807, 2.05) is 0 Å². The Hall–Kier alpha value is -0.0400.